The molecule has 21 heavy (non-hydrogen) atoms. The number of unbranched alkanes of at least 4 members (excludes halogenated alkanes) is 15. The van der Waals surface area contributed by atoms with E-state index in [1.165, 1.54) is 103 Å². The molecule has 0 amide bonds. The van der Waals surface area contributed by atoms with Crippen LogP contribution >= 0.6 is 0 Å². The molecule has 0 spiro atoms. The number of rotatable bonds is 16. The van der Waals surface area contributed by atoms with Crippen molar-refractivity contribution >= 4 is 0 Å². The van der Waals surface area contributed by atoms with E-state index in [2.05, 4.69) is 20.1 Å². The first kappa shape index (κ1) is 23.0. The third-order valence-corrected chi connectivity index (χ3v) is 4.06. The van der Waals surface area contributed by atoms with E-state index in [4.69, 9.17) is 5.73 Å². The summed E-state index contributed by atoms with van der Waals surface area (Å²) in [7, 11) is 0. The Kier molecular flexibility index (Phi) is 27.0. The second-order valence-corrected chi connectivity index (χ2v) is 6.09. The summed E-state index contributed by atoms with van der Waals surface area (Å²) in [6, 6.07) is 0. The molecule has 0 saturated carbocycles. The fourth-order valence-electron chi connectivity index (χ4n) is 2.69. The van der Waals surface area contributed by atoms with Crippen LogP contribution in [0, 0.1) is 0 Å². The van der Waals surface area contributed by atoms with Gasteiger partial charge in [0.2, 0.25) is 0 Å². The second kappa shape index (κ2) is 24.7. The summed E-state index contributed by atoms with van der Waals surface area (Å²) in [5, 5.41) is 0. The van der Waals surface area contributed by atoms with Gasteiger partial charge >= 0.3 is 0 Å². The molecule has 0 aromatic heterocycles. The van der Waals surface area contributed by atoms with Crippen molar-refractivity contribution in [3.05, 3.63) is 13.2 Å². The first-order chi connectivity index (χ1) is 10.4. The summed E-state index contributed by atoms with van der Waals surface area (Å²) >= 11 is 0. The highest BCUT2D eigenvalue weighted by atomic mass is 14.5. The smallest absolute Gasteiger partial charge is 0.00773 e. The van der Waals surface area contributed by atoms with Gasteiger partial charge in [0.05, 0.1) is 0 Å². The first-order valence-electron chi connectivity index (χ1n) is 9.62. The van der Waals surface area contributed by atoms with E-state index in [-0.39, 0.29) is 0 Å². The van der Waals surface area contributed by atoms with Gasteiger partial charge in [0.15, 0.2) is 0 Å². The number of hydrogen-bond acceptors (Lipinski definition) is 1. The molecule has 1 heteroatoms. The van der Waals surface area contributed by atoms with E-state index >= 15 is 0 Å². The van der Waals surface area contributed by atoms with Crippen molar-refractivity contribution in [1.29, 1.82) is 0 Å². The van der Waals surface area contributed by atoms with Gasteiger partial charge in [0, 0.05) is 0 Å². The Hall–Kier alpha value is -0.300. The zero-order valence-corrected chi connectivity index (χ0v) is 15.0. The minimum atomic E-state index is 0.873. The van der Waals surface area contributed by atoms with Crippen molar-refractivity contribution in [1.82, 2.24) is 0 Å². The third-order valence-electron chi connectivity index (χ3n) is 4.06. The predicted molar refractivity (Wildman–Crippen MR) is 99.9 cm³/mol. The van der Waals surface area contributed by atoms with E-state index < -0.39 is 0 Å². The van der Waals surface area contributed by atoms with Crippen molar-refractivity contribution in [2.24, 2.45) is 5.73 Å². The normalized spacial score (nSPS) is 10.2. The van der Waals surface area contributed by atoms with Crippen molar-refractivity contribution in [2.75, 3.05) is 6.54 Å². The molecule has 0 heterocycles. The molecular formula is C20H43N. The van der Waals surface area contributed by atoms with Crippen LogP contribution in [0.25, 0.3) is 0 Å². The Morgan fingerprint density at radius 3 is 0.952 bits per heavy atom. The van der Waals surface area contributed by atoms with Crippen molar-refractivity contribution in [2.45, 2.75) is 110 Å². The molecule has 0 aromatic carbocycles. The summed E-state index contributed by atoms with van der Waals surface area (Å²) in [4.78, 5) is 0. The molecule has 0 aromatic rings. The average Bonchev–Trinajstić information content (AvgIpc) is 2.53. The lowest BCUT2D eigenvalue weighted by atomic mass is 10.0. The van der Waals surface area contributed by atoms with Gasteiger partial charge in [-0.1, -0.05) is 103 Å². The molecule has 0 rings (SSSR count). The Morgan fingerprint density at radius 1 is 0.476 bits per heavy atom. The Balaban J connectivity index is 0. The van der Waals surface area contributed by atoms with Crippen LogP contribution in [0.15, 0.2) is 13.2 Å². The summed E-state index contributed by atoms with van der Waals surface area (Å²) in [5.74, 6) is 0. The van der Waals surface area contributed by atoms with Crippen molar-refractivity contribution < 1.29 is 0 Å². The molecule has 0 fully saturated rings. The highest BCUT2D eigenvalue weighted by Gasteiger charge is 1.94. The maximum Gasteiger partial charge on any atom is -0.00773 e. The van der Waals surface area contributed by atoms with E-state index in [1.54, 1.807) is 0 Å². The summed E-state index contributed by atoms with van der Waals surface area (Å²) in [6.45, 7) is 9.16. The third kappa shape index (κ3) is 25.0. The number of nitrogens with two attached hydrogens (primary N) is 1. The van der Waals surface area contributed by atoms with Crippen LogP contribution in [-0.4, -0.2) is 6.54 Å². The van der Waals surface area contributed by atoms with Gasteiger partial charge in [-0.25, -0.2) is 0 Å². The zero-order chi connectivity index (χ0) is 16.0. The lowest BCUT2D eigenvalue weighted by Gasteiger charge is -2.03. The molecule has 0 aliphatic carbocycles. The van der Waals surface area contributed by atoms with Crippen molar-refractivity contribution in [3.8, 4) is 0 Å². The minimum absolute atomic E-state index is 0.873. The average molecular weight is 298 g/mol. The van der Waals surface area contributed by atoms with Crippen LogP contribution < -0.4 is 5.73 Å². The Labute approximate surface area is 135 Å². The van der Waals surface area contributed by atoms with E-state index in [1.807, 2.05) is 0 Å². The van der Waals surface area contributed by atoms with Gasteiger partial charge in [0.1, 0.15) is 0 Å². The molecule has 0 saturated heterocycles. The summed E-state index contributed by atoms with van der Waals surface area (Å²) in [6.07, 6.45) is 22.9. The monoisotopic (exact) mass is 297 g/mol. The van der Waals surface area contributed by atoms with Gasteiger partial charge in [-0.3, -0.25) is 0 Å². The molecule has 0 aliphatic heterocycles. The maximum absolute atomic E-state index is 5.48. The molecule has 0 atom stereocenters. The van der Waals surface area contributed by atoms with Crippen LogP contribution in [0.2, 0.25) is 0 Å². The van der Waals surface area contributed by atoms with E-state index in [9.17, 15) is 0 Å². The molecule has 2 N–H and O–H groups in total. The molecule has 0 unspecified atom stereocenters. The fourth-order valence-corrected chi connectivity index (χ4v) is 2.69. The van der Waals surface area contributed by atoms with Crippen LogP contribution in [0.1, 0.15) is 110 Å². The van der Waals surface area contributed by atoms with Gasteiger partial charge < -0.3 is 5.73 Å². The molecule has 128 valence electrons. The summed E-state index contributed by atoms with van der Waals surface area (Å²) < 4.78 is 0. The lowest BCUT2D eigenvalue weighted by molar-refractivity contribution is 0.530. The van der Waals surface area contributed by atoms with Gasteiger partial charge in [-0.15, -0.1) is 13.2 Å². The van der Waals surface area contributed by atoms with E-state index in [0.717, 1.165) is 6.54 Å². The highest BCUT2D eigenvalue weighted by molar-refractivity contribution is 4.49. The van der Waals surface area contributed by atoms with Gasteiger partial charge in [-0.2, -0.15) is 0 Å². The van der Waals surface area contributed by atoms with E-state index in [0.29, 0.717) is 0 Å². The highest BCUT2D eigenvalue weighted by Crippen LogP contribution is 2.13. The number of hydrogen-bond donors (Lipinski definition) is 1. The molecule has 0 aliphatic rings. The minimum Gasteiger partial charge on any atom is -0.330 e. The quantitative estimate of drug-likeness (QED) is 0.241. The first-order valence-corrected chi connectivity index (χ1v) is 9.62. The van der Waals surface area contributed by atoms with Gasteiger partial charge in [0.25, 0.3) is 0 Å². The molecular weight excluding hydrogens is 254 g/mol. The van der Waals surface area contributed by atoms with Crippen LogP contribution in [0.3, 0.4) is 0 Å². The van der Waals surface area contributed by atoms with Gasteiger partial charge in [-0.05, 0) is 13.0 Å². The summed E-state index contributed by atoms with van der Waals surface area (Å²) in [5.41, 5.74) is 5.48. The topological polar surface area (TPSA) is 26.0 Å². The van der Waals surface area contributed by atoms with Crippen LogP contribution in [0.4, 0.5) is 0 Å². The fraction of sp³-hybridized carbons (Fsp3) is 0.900. The molecule has 0 radical (unpaired) electrons. The van der Waals surface area contributed by atoms with Crippen molar-refractivity contribution in [3.63, 3.8) is 0 Å². The Bertz CT molecular complexity index is 140. The van der Waals surface area contributed by atoms with Crippen LogP contribution in [-0.2, 0) is 0 Å². The largest absolute Gasteiger partial charge is 0.330 e. The Morgan fingerprint density at radius 2 is 0.714 bits per heavy atom. The maximum atomic E-state index is 5.48. The molecule has 1 nitrogen and oxygen atoms in total. The SMILES string of the molecule is C=C.CCCCCCCCCCCCCCCCCCN. The van der Waals surface area contributed by atoms with Crippen LogP contribution in [0.5, 0.6) is 0 Å². The lowest BCUT2D eigenvalue weighted by Crippen LogP contribution is -1.97. The second-order valence-electron chi connectivity index (χ2n) is 6.09. The molecule has 0 bridgehead atoms. The predicted octanol–water partition coefficient (Wildman–Crippen LogP) is 7.01. The standard InChI is InChI=1S/C18H39N.C2H4/c1-2-3-4-5-6-7-8-9-10-11-12-13-14-15-16-17-18-19;1-2/h2-19H2,1H3;1-2H2. The zero-order valence-electron chi connectivity index (χ0n) is 15.0.